The van der Waals surface area contributed by atoms with Gasteiger partial charge in [-0.25, -0.2) is 4.98 Å². The average molecular weight is 316 g/mol. The molecule has 7 heteroatoms. The Kier molecular flexibility index (Phi) is 5.12. The van der Waals surface area contributed by atoms with E-state index in [-0.39, 0.29) is 30.4 Å². The Bertz CT molecular complexity index is 506. The number of hydrogen-bond donors (Lipinski definition) is 1. The average Bonchev–Trinajstić information content (AvgIpc) is 2.88. The summed E-state index contributed by atoms with van der Waals surface area (Å²) >= 11 is 7.32. The molecule has 1 aromatic rings. The van der Waals surface area contributed by atoms with Gasteiger partial charge in [0.1, 0.15) is 5.01 Å². The first-order valence-corrected chi connectivity index (χ1v) is 8.11. The molecular formula is C13H18ClN3O2S. The summed E-state index contributed by atoms with van der Waals surface area (Å²) in [5.41, 5.74) is 0.839. The minimum absolute atomic E-state index is 0.0167. The van der Waals surface area contributed by atoms with Gasteiger partial charge >= 0.3 is 0 Å². The van der Waals surface area contributed by atoms with Crippen LogP contribution in [0.15, 0.2) is 5.38 Å². The number of carbonyl (C=O) groups excluding carboxylic acids is 2. The molecule has 0 aromatic carbocycles. The van der Waals surface area contributed by atoms with E-state index in [1.807, 2.05) is 24.1 Å². The Morgan fingerprint density at radius 3 is 2.85 bits per heavy atom. The van der Waals surface area contributed by atoms with Crippen molar-refractivity contribution in [2.24, 2.45) is 0 Å². The number of rotatable bonds is 5. The standard InChI is InChI=1S/C13H18ClN3O2S/c1-3-9-12(19)16-11(18)6-17(9)10(4-2)13-15-8(5-14)7-20-13/h7,9-10H,3-6H2,1-2H3,(H,16,18,19). The highest BCUT2D eigenvalue weighted by atomic mass is 35.5. The Morgan fingerprint density at radius 2 is 2.30 bits per heavy atom. The summed E-state index contributed by atoms with van der Waals surface area (Å²) in [5, 5.41) is 5.25. The number of nitrogens with zero attached hydrogens (tertiary/aromatic N) is 2. The van der Waals surface area contributed by atoms with Crippen molar-refractivity contribution in [3.05, 3.63) is 16.1 Å². The normalized spacial score (nSPS) is 21.9. The molecule has 110 valence electrons. The van der Waals surface area contributed by atoms with Gasteiger partial charge in [0, 0.05) is 5.38 Å². The summed E-state index contributed by atoms with van der Waals surface area (Å²) in [6, 6.07) is -0.294. The quantitative estimate of drug-likeness (QED) is 0.667. The molecule has 2 unspecified atom stereocenters. The molecule has 2 amide bonds. The number of amides is 2. The highest BCUT2D eigenvalue weighted by Gasteiger charge is 2.37. The lowest BCUT2D eigenvalue weighted by molar-refractivity contribution is -0.141. The summed E-state index contributed by atoms with van der Waals surface area (Å²) in [4.78, 5) is 30.0. The fraction of sp³-hybridized carbons (Fsp3) is 0.615. The zero-order chi connectivity index (χ0) is 14.7. The van der Waals surface area contributed by atoms with Crippen molar-refractivity contribution >= 4 is 34.8 Å². The van der Waals surface area contributed by atoms with Gasteiger partial charge in [0.05, 0.1) is 30.2 Å². The molecule has 1 aliphatic rings. The van der Waals surface area contributed by atoms with Crippen LogP contribution in [0, 0.1) is 0 Å². The molecule has 1 saturated heterocycles. The van der Waals surface area contributed by atoms with Crippen molar-refractivity contribution in [1.82, 2.24) is 15.2 Å². The maximum Gasteiger partial charge on any atom is 0.243 e. The molecule has 0 saturated carbocycles. The highest BCUT2D eigenvalue weighted by Crippen LogP contribution is 2.30. The lowest BCUT2D eigenvalue weighted by atomic mass is 10.0. The molecule has 2 rings (SSSR count). The minimum Gasteiger partial charge on any atom is -0.294 e. The maximum absolute atomic E-state index is 11.9. The second-order valence-electron chi connectivity index (χ2n) is 4.74. The third-order valence-corrected chi connectivity index (χ3v) is 4.73. The number of aromatic nitrogens is 1. The summed E-state index contributed by atoms with van der Waals surface area (Å²) in [5.74, 6) is -0.0765. The predicted octanol–water partition coefficient (Wildman–Crippen LogP) is 2.07. The Hall–Kier alpha value is -0.980. The zero-order valence-electron chi connectivity index (χ0n) is 11.6. The summed E-state index contributed by atoms with van der Waals surface area (Å²) in [6.45, 7) is 4.22. The zero-order valence-corrected chi connectivity index (χ0v) is 13.1. The molecular weight excluding hydrogens is 298 g/mol. The third-order valence-electron chi connectivity index (χ3n) is 3.46. The van der Waals surface area contributed by atoms with Crippen LogP contribution in [0.4, 0.5) is 0 Å². The lowest BCUT2D eigenvalue weighted by Gasteiger charge is -2.38. The number of nitrogens with one attached hydrogen (secondary N) is 1. The van der Waals surface area contributed by atoms with Crippen molar-refractivity contribution in [2.75, 3.05) is 6.54 Å². The van der Waals surface area contributed by atoms with Gasteiger partial charge in [-0.2, -0.15) is 0 Å². The molecule has 0 aliphatic carbocycles. The Morgan fingerprint density at radius 1 is 1.55 bits per heavy atom. The molecule has 20 heavy (non-hydrogen) atoms. The predicted molar refractivity (Wildman–Crippen MR) is 78.6 cm³/mol. The molecule has 1 aromatic heterocycles. The van der Waals surface area contributed by atoms with Crippen LogP contribution >= 0.6 is 22.9 Å². The monoisotopic (exact) mass is 315 g/mol. The molecule has 2 atom stereocenters. The molecule has 0 spiro atoms. The van der Waals surface area contributed by atoms with Crippen molar-refractivity contribution < 1.29 is 9.59 Å². The summed E-state index contributed by atoms with van der Waals surface area (Å²) in [6.07, 6.45) is 1.47. The van der Waals surface area contributed by atoms with E-state index in [0.29, 0.717) is 12.3 Å². The number of thiazole rings is 1. The largest absolute Gasteiger partial charge is 0.294 e. The van der Waals surface area contributed by atoms with Crippen molar-refractivity contribution in [3.63, 3.8) is 0 Å². The van der Waals surface area contributed by atoms with Crippen molar-refractivity contribution in [1.29, 1.82) is 0 Å². The first kappa shape index (κ1) is 15.4. The molecule has 1 N–H and O–H groups in total. The van der Waals surface area contributed by atoms with E-state index in [1.165, 1.54) is 11.3 Å². The van der Waals surface area contributed by atoms with Gasteiger partial charge in [0.15, 0.2) is 0 Å². The number of halogens is 1. The topological polar surface area (TPSA) is 62.3 Å². The van der Waals surface area contributed by atoms with Crippen LogP contribution < -0.4 is 5.32 Å². The van der Waals surface area contributed by atoms with E-state index >= 15 is 0 Å². The van der Waals surface area contributed by atoms with E-state index in [1.54, 1.807) is 0 Å². The molecule has 0 radical (unpaired) electrons. The number of imide groups is 1. The summed E-state index contributed by atoms with van der Waals surface area (Å²) in [7, 11) is 0. The van der Waals surface area contributed by atoms with Crippen molar-refractivity contribution in [2.45, 2.75) is 44.7 Å². The second kappa shape index (κ2) is 6.65. The van der Waals surface area contributed by atoms with E-state index in [9.17, 15) is 9.59 Å². The van der Waals surface area contributed by atoms with Crippen LogP contribution in [0.5, 0.6) is 0 Å². The maximum atomic E-state index is 11.9. The minimum atomic E-state index is -0.277. The van der Waals surface area contributed by atoms with Gasteiger partial charge in [-0.15, -0.1) is 22.9 Å². The van der Waals surface area contributed by atoms with Crippen LogP contribution in [0.25, 0.3) is 0 Å². The van der Waals surface area contributed by atoms with Gasteiger partial charge < -0.3 is 0 Å². The third kappa shape index (κ3) is 3.02. The fourth-order valence-corrected chi connectivity index (χ4v) is 3.77. The molecule has 1 aliphatic heterocycles. The highest BCUT2D eigenvalue weighted by molar-refractivity contribution is 7.09. The number of piperazine rings is 1. The molecule has 2 heterocycles. The van der Waals surface area contributed by atoms with E-state index in [4.69, 9.17) is 11.6 Å². The van der Waals surface area contributed by atoms with Crippen LogP contribution in [0.1, 0.15) is 43.4 Å². The van der Waals surface area contributed by atoms with E-state index < -0.39 is 0 Å². The van der Waals surface area contributed by atoms with Gasteiger partial charge in [0.25, 0.3) is 0 Å². The number of carbonyl (C=O) groups is 2. The van der Waals surface area contributed by atoms with E-state index in [2.05, 4.69) is 10.3 Å². The summed E-state index contributed by atoms with van der Waals surface area (Å²) < 4.78 is 0. The van der Waals surface area contributed by atoms with Crippen LogP contribution in [0.2, 0.25) is 0 Å². The second-order valence-corrected chi connectivity index (χ2v) is 5.90. The smallest absolute Gasteiger partial charge is 0.243 e. The van der Waals surface area contributed by atoms with Crippen LogP contribution in [-0.4, -0.2) is 34.3 Å². The van der Waals surface area contributed by atoms with Gasteiger partial charge in [-0.1, -0.05) is 13.8 Å². The van der Waals surface area contributed by atoms with Gasteiger partial charge in [-0.05, 0) is 12.8 Å². The molecule has 0 bridgehead atoms. The van der Waals surface area contributed by atoms with E-state index in [0.717, 1.165) is 17.1 Å². The first-order chi connectivity index (χ1) is 9.60. The fourth-order valence-electron chi connectivity index (χ4n) is 2.52. The van der Waals surface area contributed by atoms with Crippen LogP contribution in [-0.2, 0) is 15.5 Å². The SMILES string of the molecule is CCC1C(=O)NC(=O)CN1C(CC)c1nc(CCl)cs1. The van der Waals surface area contributed by atoms with Crippen molar-refractivity contribution in [3.8, 4) is 0 Å². The van der Waals surface area contributed by atoms with Gasteiger partial charge in [-0.3, -0.25) is 19.8 Å². The lowest BCUT2D eigenvalue weighted by Crippen LogP contribution is -2.58. The molecule has 1 fully saturated rings. The Labute approximate surface area is 127 Å². The Balaban J connectivity index is 2.28. The number of hydrogen-bond acceptors (Lipinski definition) is 5. The number of alkyl halides is 1. The molecule has 5 nitrogen and oxygen atoms in total. The van der Waals surface area contributed by atoms with Gasteiger partial charge in [0.2, 0.25) is 11.8 Å². The first-order valence-electron chi connectivity index (χ1n) is 6.70. The van der Waals surface area contributed by atoms with Crippen LogP contribution in [0.3, 0.4) is 0 Å².